The lowest BCUT2D eigenvalue weighted by atomic mass is 10.0. The topological polar surface area (TPSA) is 237 Å². The Morgan fingerprint density at radius 3 is 0.723 bits per heavy atom. The number of ether oxygens (including phenoxy) is 4. The quantitative estimate of drug-likeness (QED) is 0.0222. The van der Waals surface area contributed by atoms with Crippen LogP contribution in [0.3, 0.4) is 0 Å². The third kappa shape index (κ3) is 68.6. The molecule has 0 aromatic carbocycles. The first-order valence-corrected chi connectivity index (χ1v) is 42.1. The molecule has 0 heterocycles. The minimum Gasteiger partial charge on any atom is -0.462 e. The van der Waals surface area contributed by atoms with Crippen molar-refractivity contribution in [3.63, 3.8) is 0 Å². The number of esters is 4. The van der Waals surface area contributed by atoms with Gasteiger partial charge in [0.05, 0.1) is 26.4 Å². The maximum Gasteiger partial charge on any atom is 0.472 e. The zero-order chi connectivity index (χ0) is 69.1. The van der Waals surface area contributed by atoms with Gasteiger partial charge in [-0.1, -0.05) is 343 Å². The lowest BCUT2D eigenvalue weighted by Gasteiger charge is -2.21. The number of rotatable bonds is 75. The average Bonchev–Trinajstić information content (AvgIpc) is 1.24. The molecule has 19 heteroatoms. The van der Waals surface area contributed by atoms with Gasteiger partial charge in [0.2, 0.25) is 0 Å². The van der Waals surface area contributed by atoms with Gasteiger partial charge in [-0.3, -0.25) is 37.3 Å². The molecule has 0 aromatic rings. The summed E-state index contributed by atoms with van der Waals surface area (Å²) in [6.07, 6.45) is 57.2. The molecule has 0 aliphatic rings. The third-order valence-electron chi connectivity index (χ3n) is 17.5. The van der Waals surface area contributed by atoms with Gasteiger partial charge in [-0.15, -0.1) is 0 Å². The summed E-state index contributed by atoms with van der Waals surface area (Å²) >= 11 is 0. The standard InChI is InChI=1S/C75H146O17P2/c1-6-9-12-15-17-19-21-23-25-26-27-28-34-38-42-46-51-56-61-75(80)92-71(65-86-73(78)59-54-49-44-40-36-33-30-29-31-35-39-43-48-52-57-68(4)5)67-90-94(83,84)88-63-69(76)62-87-93(81,82)89-66-70(64-85-72(77)58-53-47-14-11-8-3)91-74(79)60-55-50-45-41-37-32-24-22-20-18-16-13-10-7-2/h68-71,76H,6-67H2,1-5H3,(H,81,82)(H,83,84)/t69-,70+,71+/m0/s1. The van der Waals surface area contributed by atoms with E-state index in [2.05, 4.69) is 34.6 Å². The van der Waals surface area contributed by atoms with Crippen LogP contribution in [0.5, 0.6) is 0 Å². The molecule has 94 heavy (non-hydrogen) atoms. The SMILES string of the molecule is CCCCCCCCCCCCCCCCCCCCC(=O)O[C@H](COC(=O)CCCCCCCCCCCCCCCCC(C)C)COP(=O)(O)OC[C@@H](O)COP(=O)(O)OC[C@@H](COC(=O)CCCCCCC)OC(=O)CCCCCCCCCCCCCCCC. The summed E-state index contributed by atoms with van der Waals surface area (Å²) in [7, 11) is -9.90. The molecule has 0 rings (SSSR count). The summed E-state index contributed by atoms with van der Waals surface area (Å²) in [4.78, 5) is 72.5. The van der Waals surface area contributed by atoms with E-state index < -0.39 is 97.5 Å². The summed E-state index contributed by atoms with van der Waals surface area (Å²) in [6.45, 7) is 7.23. The highest BCUT2D eigenvalue weighted by molar-refractivity contribution is 7.47. The van der Waals surface area contributed by atoms with E-state index in [1.54, 1.807) is 0 Å². The fourth-order valence-corrected chi connectivity index (χ4v) is 13.1. The average molecular weight is 1380 g/mol. The van der Waals surface area contributed by atoms with Crippen LogP contribution >= 0.6 is 15.6 Å². The number of phosphoric ester groups is 2. The number of aliphatic hydroxyl groups excluding tert-OH is 1. The van der Waals surface area contributed by atoms with Crippen molar-refractivity contribution in [2.24, 2.45) is 5.92 Å². The van der Waals surface area contributed by atoms with E-state index in [0.717, 1.165) is 102 Å². The number of carbonyl (C=O) groups is 4. The van der Waals surface area contributed by atoms with Crippen LogP contribution in [0.25, 0.3) is 0 Å². The van der Waals surface area contributed by atoms with Gasteiger partial charge in [-0.05, 0) is 31.6 Å². The Labute approximate surface area is 575 Å². The largest absolute Gasteiger partial charge is 0.472 e. The van der Waals surface area contributed by atoms with Crippen LogP contribution in [-0.2, 0) is 65.4 Å². The number of hydrogen-bond donors (Lipinski definition) is 3. The molecule has 2 unspecified atom stereocenters. The summed E-state index contributed by atoms with van der Waals surface area (Å²) in [5.41, 5.74) is 0. The predicted octanol–water partition coefficient (Wildman–Crippen LogP) is 22.1. The molecule has 3 N–H and O–H groups in total. The van der Waals surface area contributed by atoms with Crippen molar-refractivity contribution in [1.82, 2.24) is 0 Å². The molecule has 5 atom stereocenters. The molecule has 0 amide bonds. The van der Waals surface area contributed by atoms with Gasteiger partial charge < -0.3 is 33.8 Å². The number of unbranched alkanes of at least 4 members (excludes halogenated alkanes) is 47. The summed E-state index contributed by atoms with van der Waals surface area (Å²) in [5.74, 6) is -1.33. The van der Waals surface area contributed by atoms with Crippen LogP contribution < -0.4 is 0 Å². The van der Waals surface area contributed by atoms with Crippen LogP contribution in [0.15, 0.2) is 0 Å². The maximum atomic E-state index is 13.1. The molecule has 0 fully saturated rings. The molecule has 0 aliphatic carbocycles. The second-order valence-corrected chi connectivity index (χ2v) is 30.4. The van der Waals surface area contributed by atoms with Crippen molar-refractivity contribution in [2.75, 3.05) is 39.6 Å². The van der Waals surface area contributed by atoms with E-state index in [1.165, 1.54) is 212 Å². The predicted molar refractivity (Wildman–Crippen MR) is 382 cm³/mol. The minimum absolute atomic E-state index is 0.107. The smallest absolute Gasteiger partial charge is 0.462 e. The van der Waals surface area contributed by atoms with Crippen molar-refractivity contribution in [1.29, 1.82) is 0 Å². The molecule has 0 bridgehead atoms. The van der Waals surface area contributed by atoms with Gasteiger partial charge >= 0.3 is 39.5 Å². The van der Waals surface area contributed by atoms with E-state index in [4.69, 9.17) is 37.0 Å². The molecular formula is C75H146O17P2. The van der Waals surface area contributed by atoms with Gasteiger partial charge in [0.1, 0.15) is 19.3 Å². The Bertz CT molecular complexity index is 1810. The lowest BCUT2D eigenvalue weighted by Crippen LogP contribution is -2.30. The van der Waals surface area contributed by atoms with Crippen LogP contribution in [-0.4, -0.2) is 96.7 Å². The third-order valence-corrected chi connectivity index (χ3v) is 19.4. The molecular weight excluding hydrogens is 1230 g/mol. The van der Waals surface area contributed by atoms with Crippen molar-refractivity contribution in [3.8, 4) is 0 Å². The lowest BCUT2D eigenvalue weighted by molar-refractivity contribution is -0.161. The molecule has 0 saturated heterocycles. The summed E-state index contributed by atoms with van der Waals surface area (Å²) < 4.78 is 68.3. The Morgan fingerprint density at radius 1 is 0.287 bits per heavy atom. The van der Waals surface area contributed by atoms with Gasteiger partial charge in [-0.25, -0.2) is 9.13 Å². The Balaban J connectivity index is 5.14. The fourth-order valence-electron chi connectivity index (χ4n) is 11.5. The normalized spacial score (nSPS) is 14.0. The molecule has 17 nitrogen and oxygen atoms in total. The van der Waals surface area contributed by atoms with E-state index in [0.29, 0.717) is 25.7 Å². The molecule has 0 aliphatic heterocycles. The molecule has 0 aromatic heterocycles. The number of phosphoric acid groups is 2. The van der Waals surface area contributed by atoms with Crippen LogP contribution in [0.1, 0.15) is 394 Å². The van der Waals surface area contributed by atoms with Crippen molar-refractivity contribution in [3.05, 3.63) is 0 Å². The van der Waals surface area contributed by atoms with Crippen molar-refractivity contribution < 1.29 is 80.2 Å². The van der Waals surface area contributed by atoms with E-state index in [9.17, 15) is 43.2 Å². The van der Waals surface area contributed by atoms with E-state index >= 15 is 0 Å². The van der Waals surface area contributed by atoms with Gasteiger partial charge in [0, 0.05) is 25.7 Å². The zero-order valence-corrected chi connectivity index (χ0v) is 62.9. The molecule has 0 radical (unpaired) electrons. The number of hydrogen-bond acceptors (Lipinski definition) is 15. The second kappa shape index (κ2) is 68.2. The van der Waals surface area contributed by atoms with Crippen molar-refractivity contribution >= 4 is 39.5 Å². The monoisotopic (exact) mass is 1380 g/mol. The Hall–Kier alpha value is -1.94. The Morgan fingerprint density at radius 2 is 0.489 bits per heavy atom. The first kappa shape index (κ1) is 92.1. The van der Waals surface area contributed by atoms with Gasteiger partial charge in [0.25, 0.3) is 0 Å². The van der Waals surface area contributed by atoms with E-state index in [1.807, 2.05) is 0 Å². The molecule has 0 spiro atoms. The van der Waals surface area contributed by atoms with Crippen LogP contribution in [0, 0.1) is 5.92 Å². The van der Waals surface area contributed by atoms with E-state index in [-0.39, 0.29) is 25.7 Å². The minimum atomic E-state index is -4.95. The zero-order valence-electron chi connectivity index (χ0n) is 61.1. The molecule has 558 valence electrons. The fraction of sp³-hybridized carbons (Fsp3) is 0.947. The number of aliphatic hydroxyl groups is 1. The highest BCUT2D eigenvalue weighted by atomic mass is 31.2. The Kier molecular flexibility index (Phi) is 66.8. The highest BCUT2D eigenvalue weighted by Gasteiger charge is 2.30. The first-order chi connectivity index (χ1) is 45.5. The maximum absolute atomic E-state index is 13.1. The number of carbonyl (C=O) groups excluding carboxylic acids is 4. The molecule has 0 saturated carbocycles. The summed E-state index contributed by atoms with van der Waals surface area (Å²) in [5, 5.41) is 10.6. The van der Waals surface area contributed by atoms with Gasteiger partial charge in [-0.2, -0.15) is 0 Å². The van der Waals surface area contributed by atoms with Crippen LogP contribution in [0.2, 0.25) is 0 Å². The van der Waals surface area contributed by atoms with Gasteiger partial charge in [0.15, 0.2) is 12.2 Å². The van der Waals surface area contributed by atoms with Crippen molar-refractivity contribution in [2.45, 2.75) is 412 Å². The second-order valence-electron chi connectivity index (χ2n) is 27.5. The summed E-state index contributed by atoms with van der Waals surface area (Å²) in [6, 6.07) is 0. The first-order valence-electron chi connectivity index (χ1n) is 39.1. The van der Waals surface area contributed by atoms with Crippen LogP contribution in [0.4, 0.5) is 0 Å². The highest BCUT2D eigenvalue weighted by Crippen LogP contribution is 2.45.